The number of nitrogens with one attached hydrogen (secondary N) is 1. The first-order chi connectivity index (χ1) is 5.50. The molecule has 0 fully saturated rings. The van der Waals surface area contributed by atoms with Gasteiger partial charge in [-0.25, -0.2) is 0 Å². The summed E-state index contributed by atoms with van der Waals surface area (Å²) in [5.41, 5.74) is 0. The minimum atomic E-state index is 1.70. The summed E-state index contributed by atoms with van der Waals surface area (Å²) in [5.74, 6) is 0. The van der Waals surface area contributed by atoms with E-state index in [9.17, 15) is 0 Å². The average Bonchev–Trinajstić information content (AvgIpc) is 2.64. The highest BCUT2D eigenvalue weighted by Gasteiger charge is 1.74. The van der Waals surface area contributed by atoms with Crippen LogP contribution in [0.3, 0.4) is 0 Å². The van der Waals surface area contributed by atoms with E-state index in [-0.39, 0.29) is 0 Å². The van der Waals surface area contributed by atoms with Gasteiger partial charge in [0.05, 0.1) is 0 Å². The van der Waals surface area contributed by atoms with Crippen molar-refractivity contribution >= 4 is 11.3 Å². The molecule has 11 heavy (non-hydrogen) atoms. The van der Waals surface area contributed by atoms with Crippen LogP contribution in [0.1, 0.15) is 0 Å². The molecule has 0 amide bonds. The topological polar surface area (TPSA) is 15.8 Å². The molecule has 2 aromatic heterocycles. The summed E-state index contributed by atoms with van der Waals surface area (Å²) in [6.07, 6.45) is 3.75. The van der Waals surface area contributed by atoms with Gasteiger partial charge < -0.3 is 4.98 Å². The summed E-state index contributed by atoms with van der Waals surface area (Å²) in [6, 6.07) is 9.94. The predicted octanol–water partition coefficient (Wildman–Crippen LogP) is 3.04. The first-order valence-electron chi connectivity index (χ1n) is 3.38. The van der Waals surface area contributed by atoms with E-state index in [4.69, 9.17) is 0 Å². The van der Waals surface area contributed by atoms with Crippen molar-refractivity contribution in [2.75, 3.05) is 0 Å². The van der Waals surface area contributed by atoms with Crippen molar-refractivity contribution in [1.29, 1.82) is 0 Å². The van der Waals surface area contributed by atoms with Gasteiger partial charge >= 0.3 is 0 Å². The molecule has 2 heterocycles. The SMILES string of the molecule is c1cc[nH]c1.c1cc[s+]cc1. The van der Waals surface area contributed by atoms with Crippen LogP contribution in [0, 0.1) is 0 Å². The minimum Gasteiger partial charge on any atom is -0.368 e. The fourth-order valence-corrected chi connectivity index (χ4v) is 1.02. The molecule has 2 aromatic rings. The van der Waals surface area contributed by atoms with Gasteiger partial charge in [0.1, 0.15) is 0 Å². The molecule has 2 heteroatoms. The number of aromatic amines is 1. The zero-order valence-electron chi connectivity index (χ0n) is 6.10. The van der Waals surface area contributed by atoms with Crippen LogP contribution in [-0.2, 0) is 0 Å². The quantitative estimate of drug-likeness (QED) is 0.576. The number of hydrogen-bond acceptors (Lipinski definition) is 0. The fourth-order valence-electron chi connectivity index (χ4n) is 0.569. The van der Waals surface area contributed by atoms with E-state index in [1.807, 2.05) is 53.5 Å². The summed E-state index contributed by atoms with van der Waals surface area (Å²) in [6.45, 7) is 0. The maximum absolute atomic E-state index is 2.86. The molecule has 0 aromatic carbocycles. The van der Waals surface area contributed by atoms with Gasteiger partial charge in [-0.1, -0.05) is 6.07 Å². The Bertz CT molecular complexity index is 195. The standard InChI is InChI=1S/C5H5S.C4H5N/c1-2-4-6-5-3-1;1-2-4-5-3-1/h1-5H;1-5H/q+1;. The number of hydrogen-bond donors (Lipinski definition) is 1. The van der Waals surface area contributed by atoms with Gasteiger partial charge in [0.15, 0.2) is 10.8 Å². The zero-order valence-corrected chi connectivity index (χ0v) is 6.92. The Morgan fingerprint density at radius 3 is 1.55 bits per heavy atom. The fraction of sp³-hybridized carbons (Fsp3) is 0. The number of H-pyrrole nitrogens is 1. The Kier molecular flexibility index (Phi) is 4.06. The van der Waals surface area contributed by atoms with Crippen molar-refractivity contribution in [3.05, 3.63) is 53.5 Å². The largest absolute Gasteiger partial charge is 0.368 e. The van der Waals surface area contributed by atoms with Crippen molar-refractivity contribution in [3.8, 4) is 0 Å². The molecule has 0 unspecified atom stereocenters. The zero-order chi connectivity index (χ0) is 7.78. The van der Waals surface area contributed by atoms with E-state index in [0.29, 0.717) is 0 Å². The monoisotopic (exact) mass is 164 g/mol. The maximum Gasteiger partial charge on any atom is 0.211 e. The first kappa shape index (κ1) is 7.95. The number of aromatic nitrogens is 1. The second-order valence-corrected chi connectivity index (χ2v) is 2.69. The van der Waals surface area contributed by atoms with Crippen LogP contribution in [0.15, 0.2) is 53.5 Å². The Labute approximate surface area is 70.4 Å². The maximum atomic E-state index is 2.86. The highest BCUT2D eigenvalue weighted by atomic mass is 32.1. The molecule has 2 rings (SSSR count). The van der Waals surface area contributed by atoms with E-state index in [2.05, 4.69) is 4.98 Å². The molecule has 0 bridgehead atoms. The molecular formula is C9H10NS+. The second-order valence-electron chi connectivity index (χ2n) is 1.87. The van der Waals surface area contributed by atoms with E-state index in [1.54, 1.807) is 11.3 Å². The lowest BCUT2D eigenvalue weighted by atomic mass is 10.6. The molecule has 0 saturated carbocycles. The molecule has 56 valence electrons. The molecule has 1 nitrogen and oxygen atoms in total. The lowest BCUT2D eigenvalue weighted by molar-refractivity contribution is 1.42. The normalized spacial score (nSPS) is 8.00. The molecule has 1 N–H and O–H groups in total. The minimum absolute atomic E-state index is 1.70. The van der Waals surface area contributed by atoms with Gasteiger partial charge in [0, 0.05) is 12.4 Å². The van der Waals surface area contributed by atoms with E-state index in [0.717, 1.165) is 0 Å². The van der Waals surface area contributed by atoms with Crippen LogP contribution in [0.4, 0.5) is 0 Å². The van der Waals surface area contributed by atoms with Crippen LogP contribution in [0.2, 0.25) is 0 Å². The van der Waals surface area contributed by atoms with Crippen molar-refractivity contribution in [2.24, 2.45) is 0 Å². The number of rotatable bonds is 0. The molecule has 0 radical (unpaired) electrons. The van der Waals surface area contributed by atoms with E-state index >= 15 is 0 Å². The van der Waals surface area contributed by atoms with Crippen molar-refractivity contribution in [3.63, 3.8) is 0 Å². The lowest BCUT2D eigenvalue weighted by Crippen LogP contribution is -1.41. The van der Waals surface area contributed by atoms with Gasteiger partial charge in [-0.05, 0) is 24.3 Å². The average molecular weight is 164 g/mol. The van der Waals surface area contributed by atoms with Crippen LogP contribution in [-0.4, -0.2) is 4.98 Å². The summed E-state index contributed by atoms with van der Waals surface area (Å²) < 4.78 is 0. The van der Waals surface area contributed by atoms with Crippen LogP contribution in [0.5, 0.6) is 0 Å². The summed E-state index contributed by atoms with van der Waals surface area (Å²) in [7, 11) is 0. The van der Waals surface area contributed by atoms with E-state index < -0.39 is 0 Å². The third-order valence-corrected chi connectivity index (χ3v) is 1.66. The highest BCUT2D eigenvalue weighted by Crippen LogP contribution is 1.90. The van der Waals surface area contributed by atoms with Crippen LogP contribution < -0.4 is 0 Å². The van der Waals surface area contributed by atoms with Crippen LogP contribution >= 0.6 is 11.3 Å². The van der Waals surface area contributed by atoms with Gasteiger partial charge in [-0.3, -0.25) is 0 Å². The molecule has 0 saturated heterocycles. The molecule has 0 aliphatic rings. The second kappa shape index (κ2) is 5.62. The summed E-state index contributed by atoms with van der Waals surface area (Å²) >= 11 is 1.70. The van der Waals surface area contributed by atoms with Crippen molar-refractivity contribution in [2.45, 2.75) is 0 Å². The Hall–Kier alpha value is -1.15. The third kappa shape index (κ3) is 4.28. The van der Waals surface area contributed by atoms with Crippen LogP contribution in [0.25, 0.3) is 0 Å². The Morgan fingerprint density at radius 1 is 0.727 bits per heavy atom. The highest BCUT2D eigenvalue weighted by molar-refractivity contribution is 7.07. The van der Waals surface area contributed by atoms with E-state index in [1.165, 1.54) is 0 Å². The molecule has 0 aliphatic carbocycles. The van der Waals surface area contributed by atoms with Gasteiger partial charge in [0.25, 0.3) is 0 Å². The summed E-state index contributed by atoms with van der Waals surface area (Å²) in [5, 5.41) is 4.08. The first-order valence-corrected chi connectivity index (χ1v) is 4.32. The molecule has 0 aliphatic heterocycles. The lowest BCUT2D eigenvalue weighted by Gasteiger charge is -1.56. The summed E-state index contributed by atoms with van der Waals surface area (Å²) in [4.78, 5) is 2.86. The van der Waals surface area contributed by atoms with Crippen molar-refractivity contribution in [1.82, 2.24) is 4.98 Å². The molecule has 0 spiro atoms. The third-order valence-electron chi connectivity index (χ3n) is 1.03. The molecular weight excluding hydrogens is 154 g/mol. The predicted molar refractivity (Wildman–Crippen MR) is 49.5 cm³/mol. The van der Waals surface area contributed by atoms with Crippen molar-refractivity contribution < 1.29 is 0 Å². The Balaban J connectivity index is 0.000000112. The smallest absolute Gasteiger partial charge is 0.211 e. The Morgan fingerprint density at radius 2 is 1.36 bits per heavy atom. The van der Waals surface area contributed by atoms with Gasteiger partial charge in [-0.2, -0.15) is 0 Å². The molecule has 0 atom stereocenters. The van der Waals surface area contributed by atoms with Gasteiger partial charge in [0.2, 0.25) is 11.3 Å². The van der Waals surface area contributed by atoms with Gasteiger partial charge in [-0.15, -0.1) is 0 Å².